The molecule has 27 heavy (non-hydrogen) atoms. The van der Waals surface area contributed by atoms with E-state index in [2.05, 4.69) is 5.10 Å². The molecular formula is C19H21ClF3N3O. The average Bonchev–Trinajstić information content (AvgIpc) is 3.40. The van der Waals surface area contributed by atoms with Gasteiger partial charge in [0.05, 0.1) is 0 Å². The van der Waals surface area contributed by atoms with Crippen LogP contribution in [0.3, 0.4) is 0 Å². The Labute approximate surface area is 160 Å². The lowest BCUT2D eigenvalue weighted by molar-refractivity contribution is 0.0711. The van der Waals surface area contributed by atoms with E-state index in [-0.39, 0.29) is 12.6 Å². The van der Waals surface area contributed by atoms with Crippen LogP contribution in [0.1, 0.15) is 59.8 Å². The molecule has 0 saturated heterocycles. The molecule has 0 bridgehead atoms. The Kier molecular flexibility index (Phi) is 5.79. The van der Waals surface area contributed by atoms with Crippen LogP contribution in [-0.4, -0.2) is 26.6 Å². The number of aromatic nitrogens is 2. The van der Waals surface area contributed by atoms with Gasteiger partial charge in [-0.3, -0.25) is 4.79 Å². The first-order valence-corrected chi connectivity index (χ1v) is 9.30. The zero-order chi connectivity index (χ0) is 19.7. The van der Waals surface area contributed by atoms with E-state index in [1.807, 2.05) is 13.0 Å². The van der Waals surface area contributed by atoms with Crippen LogP contribution in [0.2, 0.25) is 5.02 Å². The summed E-state index contributed by atoms with van der Waals surface area (Å²) in [5.41, 5.74) is 0.442. The van der Waals surface area contributed by atoms with Crippen molar-refractivity contribution in [2.45, 2.75) is 51.6 Å². The molecule has 146 valence electrons. The monoisotopic (exact) mass is 399 g/mol. The lowest BCUT2D eigenvalue weighted by Gasteiger charge is -2.24. The minimum Gasteiger partial charge on any atom is -0.331 e. The number of aryl methyl sites for hydroxylation is 2. The third kappa shape index (κ3) is 4.13. The van der Waals surface area contributed by atoms with Gasteiger partial charge in [0.15, 0.2) is 0 Å². The quantitative estimate of drug-likeness (QED) is 0.663. The molecule has 1 aromatic carbocycles. The highest BCUT2D eigenvalue weighted by atomic mass is 35.5. The molecule has 1 heterocycles. The van der Waals surface area contributed by atoms with Gasteiger partial charge in [-0.2, -0.15) is 9.49 Å². The van der Waals surface area contributed by atoms with Crippen molar-refractivity contribution in [1.82, 2.24) is 14.7 Å². The third-order valence-corrected chi connectivity index (χ3v) is 4.94. The Morgan fingerprint density at radius 1 is 1.37 bits per heavy atom. The topological polar surface area (TPSA) is 38.1 Å². The normalized spacial score (nSPS) is 14.0. The molecule has 2 aromatic rings. The molecule has 0 spiro atoms. The summed E-state index contributed by atoms with van der Waals surface area (Å²) >= 11 is 6.11. The fourth-order valence-corrected chi connectivity index (χ4v) is 3.40. The molecule has 1 fully saturated rings. The van der Waals surface area contributed by atoms with Crippen molar-refractivity contribution in [3.05, 3.63) is 51.6 Å². The Bertz CT molecular complexity index is 849. The van der Waals surface area contributed by atoms with Crippen LogP contribution in [0.25, 0.3) is 0 Å². The number of hydrogen-bond acceptors (Lipinski definition) is 2. The first-order valence-electron chi connectivity index (χ1n) is 8.92. The Balaban J connectivity index is 1.96. The summed E-state index contributed by atoms with van der Waals surface area (Å²) in [4.78, 5) is 14.5. The van der Waals surface area contributed by atoms with Crippen LogP contribution < -0.4 is 0 Å². The predicted molar refractivity (Wildman–Crippen MR) is 96.5 cm³/mol. The second-order valence-corrected chi connectivity index (χ2v) is 7.24. The Morgan fingerprint density at radius 3 is 2.67 bits per heavy atom. The highest BCUT2D eigenvalue weighted by Crippen LogP contribution is 2.33. The summed E-state index contributed by atoms with van der Waals surface area (Å²) in [5, 5.41) is 4.02. The second-order valence-electron chi connectivity index (χ2n) is 6.80. The average molecular weight is 400 g/mol. The van der Waals surface area contributed by atoms with E-state index < -0.39 is 29.5 Å². The van der Waals surface area contributed by atoms with Crippen LogP contribution in [0.15, 0.2) is 18.2 Å². The van der Waals surface area contributed by atoms with Gasteiger partial charge in [-0.05, 0) is 42.5 Å². The van der Waals surface area contributed by atoms with Crippen molar-refractivity contribution in [2.24, 2.45) is 7.05 Å². The minimum absolute atomic E-state index is 0.0870. The van der Waals surface area contributed by atoms with Crippen molar-refractivity contribution < 1.29 is 18.0 Å². The molecule has 1 aliphatic carbocycles. The fraction of sp³-hybridized carbons (Fsp3) is 0.474. The number of hydrogen-bond donors (Lipinski definition) is 0. The molecule has 0 N–H and O–H groups in total. The summed E-state index contributed by atoms with van der Waals surface area (Å²) in [6, 6.07) is 5.39. The molecule has 0 unspecified atom stereocenters. The van der Waals surface area contributed by atoms with E-state index in [0.29, 0.717) is 9.70 Å². The van der Waals surface area contributed by atoms with Gasteiger partial charge in [-0.25, -0.2) is 13.5 Å². The maximum absolute atomic E-state index is 14.4. The molecule has 0 atom stereocenters. The van der Waals surface area contributed by atoms with Crippen LogP contribution in [0.5, 0.6) is 0 Å². The molecule has 4 nitrogen and oxygen atoms in total. The van der Waals surface area contributed by atoms with E-state index >= 15 is 0 Å². The zero-order valence-corrected chi connectivity index (χ0v) is 15.9. The van der Waals surface area contributed by atoms with Gasteiger partial charge >= 0.3 is 0 Å². The molecule has 1 saturated carbocycles. The molecule has 1 aliphatic rings. The van der Waals surface area contributed by atoms with Gasteiger partial charge < -0.3 is 4.90 Å². The van der Waals surface area contributed by atoms with Gasteiger partial charge in [0.25, 0.3) is 12.3 Å². The van der Waals surface area contributed by atoms with Gasteiger partial charge in [0.1, 0.15) is 11.3 Å². The van der Waals surface area contributed by atoms with E-state index in [1.165, 1.54) is 11.9 Å². The summed E-state index contributed by atoms with van der Waals surface area (Å²) in [5.74, 6) is -1.79. The van der Waals surface area contributed by atoms with E-state index in [1.54, 1.807) is 12.1 Å². The molecule has 3 rings (SSSR count). The summed E-state index contributed by atoms with van der Waals surface area (Å²) in [6.07, 6.45) is 0.229. The smallest absolute Gasteiger partial charge is 0.283 e. The van der Waals surface area contributed by atoms with E-state index in [9.17, 15) is 18.0 Å². The lowest BCUT2D eigenvalue weighted by Crippen LogP contribution is -2.34. The zero-order valence-electron chi connectivity index (χ0n) is 15.2. The van der Waals surface area contributed by atoms with Crippen molar-refractivity contribution in [1.29, 1.82) is 0 Å². The number of carbonyl (C=O) groups excluding carboxylic acids is 1. The number of halogens is 4. The molecule has 8 heteroatoms. The largest absolute Gasteiger partial charge is 0.331 e. The highest BCUT2D eigenvalue weighted by molar-refractivity contribution is 6.30. The first-order chi connectivity index (χ1) is 12.8. The van der Waals surface area contributed by atoms with Gasteiger partial charge in [-0.15, -0.1) is 0 Å². The van der Waals surface area contributed by atoms with Gasteiger partial charge in [-0.1, -0.05) is 31.0 Å². The van der Waals surface area contributed by atoms with Crippen LogP contribution in [-0.2, 0) is 20.0 Å². The number of amides is 1. The predicted octanol–water partition coefficient (Wildman–Crippen LogP) is 4.91. The minimum atomic E-state index is -3.03. The number of benzene rings is 1. The Morgan fingerprint density at radius 2 is 2.07 bits per heavy atom. The maximum atomic E-state index is 14.4. The number of rotatable bonds is 7. The first kappa shape index (κ1) is 19.7. The van der Waals surface area contributed by atoms with Gasteiger partial charge in [0, 0.05) is 24.7 Å². The lowest BCUT2D eigenvalue weighted by atomic mass is 10.0. The molecule has 0 aliphatic heterocycles. The summed E-state index contributed by atoms with van der Waals surface area (Å²) in [6.45, 7) is 2.25. The standard InChI is InChI=1S/C19H21ClF3N3O/c1-3-4-11-5-6-13(20)9-12(11)10-26(14-7-8-14)19(27)15-16(17(21)22)24-25(2)18(15)23/h5-6,9,14,17H,3-4,7-8,10H2,1-2H3. The summed E-state index contributed by atoms with van der Waals surface area (Å²) < 4.78 is 41.6. The van der Waals surface area contributed by atoms with Crippen LogP contribution in [0, 0.1) is 5.95 Å². The molecule has 0 radical (unpaired) electrons. The maximum Gasteiger partial charge on any atom is 0.283 e. The van der Waals surface area contributed by atoms with Crippen molar-refractivity contribution in [3.63, 3.8) is 0 Å². The highest BCUT2D eigenvalue weighted by Gasteiger charge is 2.38. The number of carbonyl (C=O) groups is 1. The van der Waals surface area contributed by atoms with E-state index in [0.717, 1.165) is 36.8 Å². The van der Waals surface area contributed by atoms with Crippen molar-refractivity contribution >= 4 is 17.5 Å². The van der Waals surface area contributed by atoms with E-state index in [4.69, 9.17) is 11.6 Å². The molecule has 1 aromatic heterocycles. The summed E-state index contributed by atoms with van der Waals surface area (Å²) in [7, 11) is 1.20. The van der Waals surface area contributed by atoms with Crippen LogP contribution >= 0.6 is 11.6 Å². The Hall–Kier alpha value is -2.02. The number of alkyl halides is 2. The SMILES string of the molecule is CCCc1ccc(Cl)cc1CN(C(=O)c1c(C(F)F)nn(C)c1F)C1CC1. The fourth-order valence-electron chi connectivity index (χ4n) is 3.21. The second kappa shape index (κ2) is 7.92. The molecule has 1 amide bonds. The molecular weight excluding hydrogens is 379 g/mol. The third-order valence-electron chi connectivity index (χ3n) is 4.70. The number of nitrogens with zero attached hydrogens (tertiary/aromatic N) is 3. The van der Waals surface area contributed by atoms with Gasteiger partial charge in [0.2, 0.25) is 5.95 Å². The van der Waals surface area contributed by atoms with Crippen molar-refractivity contribution in [3.8, 4) is 0 Å². The van der Waals surface area contributed by atoms with Crippen molar-refractivity contribution in [2.75, 3.05) is 0 Å². The van der Waals surface area contributed by atoms with Crippen LogP contribution in [0.4, 0.5) is 13.2 Å².